The smallest absolute Gasteiger partial charge is 0.256 e. The number of hydrogen-bond donors (Lipinski definition) is 2. The summed E-state index contributed by atoms with van der Waals surface area (Å²) < 4.78 is 5.00. The van der Waals surface area contributed by atoms with Crippen LogP contribution in [0.3, 0.4) is 0 Å². The summed E-state index contributed by atoms with van der Waals surface area (Å²) >= 11 is 7.70. The zero-order chi connectivity index (χ0) is 23.8. The van der Waals surface area contributed by atoms with Gasteiger partial charge in [-0.1, -0.05) is 23.5 Å². The molecular weight excluding hydrogens is 472 g/mol. The maximum Gasteiger partial charge on any atom is 0.256 e. The molecule has 2 aliphatic rings. The Morgan fingerprint density at radius 2 is 2.09 bits per heavy atom. The predicted octanol–water partition coefficient (Wildman–Crippen LogP) is 4.32. The number of aryl methyl sites for hydroxylation is 1. The van der Waals surface area contributed by atoms with E-state index >= 15 is 0 Å². The van der Waals surface area contributed by atoms with Crippen LogP contribution >= 0.6 is 23.5 Å². The molecule has 2 saturated heterocycles. The molecule has 180 valence electrons. The van der Waals surface area contributed by atoms with Crippen molar-refractivity contribution in [3.05, 3.63) is 52.3 Å². The van der Waals surface area contributed by atoms with Gasteiger partial charge in [-0.3, -0.25) is 4.79 Å². The van der Waals surface area contributed by atoms with Crippen LogP contribution in [0.25, 0.3) is 5.65 Å². The van der Waals surface area contributed by atoms with Gasteiger partial charge in [0.1, 0.15) is 5.82 Å². The molecule has 3 aromatic rings. The van der Waals surface area contributed by atoms with Gasteiger partial charge in [-0.05, 0) is 50.8 Å². The first-order valence-corrected chi connectivity index (χ1v) is 13.2. The number of likely N-dealkylation sites (tertiary alicyclic amines) is 1. The van der Waals surface area contributed by atoms with Crippen LogP contribution in [0.5, 0.6) is 0 Å². The average molecular weight is 501 g/mol. The molecule has 5 rings (SSSR count). The molecule has 2 aromatic heterocycles. The number of benzene rings is 1. The molecule has 0 aliphatic carbocycles. The second kappa shape index (κ2) is 9.64. The molecule has 2 aliphatic heterocycles. The minimum Gasteiger partial charge on any atom is -0.391 e. The Labute approximate surface area is 208 Å². The number of anilines is 2. The lowest BCUT2D eigenvalue weighted by Crippen LogP contribution is -2.39. The zero-order valence-electron chi connectivity index (χ0n) is 19.4. The van der Waals surface area contributed by atoms with E-state index in [1.165, 1.54) is 11.9 Å². The van der Waals surface area contributed by atoms with Crippen molar-refractivity contribution in [2.75, 3.05) is 35.5 Å². The number of nitrogens with zero attached hydrogens (tertiary/aromatic N) is 5. The second-order valence-electron chi connectivity index (χ2n) is 9.01. The minimum absolute atomic E-state index is 0.0447. The summed E-state index contributed by atoms with van der Waals surface area (Å²) in [6, 6.07) is 7.24. The number of halogens is 1. The van der Waals surface area contributed by atoms with Gasteiger partial charge in [-0.2, -0.15) is 5.10 Å². The molecule has 8 nitrogen and oxygen atoms in total. The first kappa shape index (κ1) is 23.3. The third-order valence-electron chi connectivity index (χ3n) is 6.62. The second-order valence-corrected chi connectivity index (χ2v) is 10.1. The van der Waals surface area contributed by atoms with Crippen molar-refractivity contribution in [3.63, 3.8) is 0 Å². The Bertz CT molecular complexity index is 1220. The largest absolute Gasteiger partial charge is 0.391 e. The molecule has 4 heterocycles. The van der Waals surface area contributed by atoms with Crippen molar-refractivity contribution in [2.45, 2.75) is 44.8 Å². The van der Waals surface area contributed by atoms with Gasteiger partial charge in [0.05, 0.1) is 29.1 Å². The normalized spacial score (nSPS) is 20.8. The Hall–Kier alpha value is -2.49. The van der Waals surface area contributed by atoms with Crippen LogP contribution in [0.1, 0.15) is 53.3 Å². The number of carbonyl (C=O) groups is 1. The van der Waals surface area contributed by atoms with E-state index in [-0.39, 0.29) is 18.1 Å². The molecule has 34 heavy (non-hydrogen) atoms. The number of carbonyl (C=O) groups excluding carboxylic acids is 1. The molecule has 2 fully saturated rings. The SMILES string of the molecule is CSNc1ccc(Cl)cc1C(=O)N1CCCCC1c1cc2nc(N3CCC(O)C3)c(C)cn2n1. The van der Waals surface area contributed by atoms with Crippen molar-refractivity contribution in [1.82, 2.24) is 19.5 Å². The van der Waals surface area contributed by atoms with Crippen LogP contribution in [-0.4, -0.2) is 62.5 Å². The highest BCUT2D eigenvalue weighted by Gasteiger charge is 2.32. The predicted molar refractivity (Wildman–Crippen MR) is 137 cm³/mol. The zero-order valence-corrected chi connectivity index (χ0v) is 20.9. The number of aliphatic hydroxyl groups is 1. The fourth-order valence-corrected chi connectivity index (χ4v) is 5.54. The van der Waals surface area contributed by atoms with Gasteiger partial charge in [0.15, 0.2) is 5.65 Å². The Balaban J connectivity index is 1.48. The summed E-state index contributed by atoms with van der Waals surface area (Å²) in [7, 11) is 0. The van der Waals surface area contributed by atoms with Crippen LogP contribution < -0.4 is 9.62 Å². The molecule has 2 unspecified atom stereocenters. The Morgan fingerprint density at radius 3 is 2.85 bits per heavy atom. The van der Waals surface area contributed by atoms with Gasteiger partial charge in [-0.15, -0.1) is 0 Å². The van der Waals surface area contributed by atoms with E-state index in [9.17, 15) is 9.90 Å². The van der Waals surface area contributed by atoms with Gasteiger partial charge in [0.2, 0.25) is 0 Å². The van der Waals surface area contributed by atoms with E-state index in [1.54, 1.807) is 16.6 Å². The number of rotatable bonds is 5. The van der Waals surface area contributed by atoms with E-state index in [0.29, 0.717) is 23.7 Å². The molecule has 1 aromatic carbocycles. The topological polar surface area (TPSA) is 86.0 Å². The van der Waals surface area contributed by atoms with Gasteiger partial charge in [0.25, 0.3) is 5.91 Å². The monoisotopic (exact) mass is 500 g/mol. The molecule has 1 amide bonds. The summed E-state index contributed by atoms with van der Waals surface area (Å²) in [5, 5.41) is 15.3. The first-order chi connectivity index (χ1) is 16.4. The molecule has 10 heteroatoms. The molecule has 0 saturated carbocycles. The number of fused-ring (bicyclic) bond motifs is 1. The maximum atomic E-state index is 13.7. The van der Waals surface area contributed by atoms with Crippen molar-refractivity contribution in [3.8, 4) is 0 Å². The number of nitrogens with one attached hydrogen (secondary N) is 1. The van der Waals surface area contributed by atoms with Crippen molar-refractivity contribution < 1.29 is 9.90 Å². The molecule has 0 bridgehead atoms. The Kier molecular flexibility index (Phi) is 6.59. The van der Waals surface area contributed by atoms with Crippen molar-refractivity contribution in [1.29, 1.82) is 0 Å². The molecular formula is C24H29ClN6O2S. The van der Waals surface area contributed by atoms with Crippen molar-refractivity contribution in [2.24, 2.45) is 0 Å². The average Bonchev–Trinajstić information content (AvgIpc) is 3.45. The number of amides is 1. The highest BCUT2D eigenvalue weighted by molar-refractivity contribution is 7.99. The van der Waals surface area contributed by atoms with E-state index < -0.39 is 0 Å². The third-order valence-corrected chi connectivity index (χ3v) is 7.28. The van der Waals surface area contributed by atoms with Crippen LogP contribution in [-0.2, 0) is 0 Å². The lowest BCUT2D eigenvalue weighted by Gasteiger charge is -2.35. The number of aromatic nitrogens is 3. The fraction of sp³-hybridized carbons (Fsp3) is 0.458. The highest BCUT2D eigenvalue weighted by atomic mass is 35.5. The van der Waals surface area contributed by atoms with Crippen LogP contribution in [0, 0.1) is 6.92 Å². The highest BCUT2D eigenvalue weighted by Crippen LogP contribution is 2.34. The number of β-amino-alcohol motifs (C(OH)–C–C–N with tert-alkyl or cyclic N) is 1. The summed E-state index contributed by atoms with van der Waals surface area (Å²) in [5.41, 5.74) is 3.94. The number of aliphatic hydroxyl groups excluding tert-OH is 1. The maximum absolute atomic E-state index is 13.7. The van der Waals surface area contributed by atoms with Gasteiger partial charge < -0.3 is 19.6 Å². The van der Waals surface area contributed by atoms with Gasteiger partial charge >= 0.3 is 0 Å². The number of piperidine rings is 1. The number of hydrogen-bond acceptors (Lipinski definition) is 7. The standard InChI is InChI=1S/C24H29ClN6O2S/c1-15-13-31-22(26-23(15)29-10-8-17(32)14-29)12-20(27-31)21-5-3-4-9-30(21)24(33)18-11-16(25)6-7-19(18)28-34-2/h6-7,11-13,17,21,28,32H,3-5,8-10,14H2,1-2H3. The molecule has 0 radical (unpaired) electrons. The van der Waals surface area contributed by atoms with E-state index in [2.05, 4.69) is 9.62 Å². The molecule has 2 atom stereocenters. The molecule has 2 N–H and O–H groups in total. The van der Waals surface area contributed by atoms with Crippen LogP contribution in [0.2, 0.25) is 5.02 Å². The Morgan fingerprint density at radius 1 is 1.24 bits per heavy atom. The van der Waals surface area contributed by atoms with Crippen LogP contribution in [0.15, 0.2) is 30.5 Å². The molecule has 0 spiro atoms. The minimum atomic E-state index is -0.309. The summed E-state index contributed by atoms with van der Waals surface area (Å²) in [5.74, 6) is 0.843. The summed E-state index contributed by atoms with van der Waals surface area (Å²) in [4.78, 5) is 22.6. The van der Waals surface area contributed by atoms with Gasteiger partial charge in [-0.25, -0.2) is 9.50 Å². The van der Waals surface area contributed by atoms with Crippen molar-refractivity contribution >= 4 is 46.6 Å². The van der Waals surface area contributed by atoms with E-state index in [0.717, 1.165) is 60.6 Å². The summed E-state index contributed by atoms with van der Waals surface area (Å²) in [6.07, 6.45) is 7.21. The summed E-state index contributed by atoms with van der Waals surface area (Å²) in [6.45, 7) is 4.08. The van der Waals surface area contributed by atoms with E-state index in [4.69, 9.17) is 21.7 Å². The first-order valence-electron chi connectivity index (χ1n) is 11.6. The quantitative estimate of drug-likeness (QED) is 0.504. The van der Waals surface area contributed by atoms with E-state index in [1.807, 2.05) is 36.4 Å². The lowest BCUT2D eigenvalue weighted by molar-refractivity contribution is 0.0607. The van der Waals surface area contributed by atoms with Crippen LogP contribution in [0.4, 0.5) is 11.5 Å². The van der Waals surface area contributed by atoms with Gasteiger partial charge in [0, 0.05) is 48.7 Å². The fourth-order valence-electron chi connectivity index (χ4n) is 4.97. The third kappa shape index (κ3) is 4.44. The lowest BCUT2D eigenvalue weighted by atomic mass is 9.98.